The van der Waals surface area contributed by atoms with Crippen LogP contribution in [0.5, 0.6) is 0 Å². The molecule has 2 N–H and O–H groups in total. The summed E-state index contributed by atoms with van der Waals surface area (Å²) in [6, 6.07) is 0. The van der Waals surface area contributed by atoms with Crippen molar-refractivity contribution >= 4 is 23.6 Å². The monoisotopic (exact) mass is 539 g/mol. The van der Waals surface area contributed by atoms with Crippen LogP contribution in [0.25, 0.3) is 0 Å². The van der Waals surface area contributed by atoms with Gasteiger partial charge in [-0.2, -0.15) is 13.2 Å². The highest BCUT2D eigenvalue weighted by Crippen LogP contribution is 2.78. The molecule has 6 aliphatic carbocycles. The molecule has 8 nitrogen and oxygen atoms in total. The second-order valence-corrected chi connectivity index (χ2v) is 11.5. The van der Waals surface area contributed by atoms with E-state index >= 15 is 0 Å². The van der Waals surface area contributed by atoms with E-state index in [0.717, 1.165) is 61.9 Å². The van der Waals surface area contributed by atoms with Crippen molar-refractivity contribution in [2.75, 3.05) is 20.3 Å². The Morgan fingerprint density at radius 1 is 1.16 bits per heavy atom. The number of carbonyl (C=O) groups excluding carboxylic acids is 2. The summed E-state index contributed by atoms with van der Waals surface area (Å²) in [5.41, 5.74) is 4.58. The van der Waals surface area contributed by atoms with Crippen molar-refractivity contribution in [3.63, 3.8) is 0 Å². The number of allylic oxidation sites excluding steroid dienone is 3. The van der Waals surface area contributed by atoms with E-state index in [1.165, 1.54) is 25.2 Å². The minimum atomic E-state index is -5.08. The number of hydrogen-bond donors (Lipinski definition) is 2. The maximum Gasteiger partial charge on any atom is 0.490 e. The predicted molar refractivity (Wildman–Crippen MR) is 127 cm³/mol. The zero-order chi connectivity index (χ0) is 27.8. The normalized spacial score (nSPS) is 38.1. The number of carboxylic acid groups (broad SMARTS) is 1. The Labute approximate surface area is 218 Å². The van der Waals surface area contributed by atoms with E-state index in [0.29, 0.717) is 6.42 Å². The highest BCUT2D eigenvalue weighted by atomic mass is 19.4. The van der Waals surface area contributed by atoms with Gasteiger partial charge < -0.3 is 19.7 Å². The Morgan fingerprint density at radius 3 is 2.45 bits per heavy atom. The summed E-state index contributed by atoms with van der Waals surface area (Å²) in [5, 5.41) is 19.0. The molecule has 1 aliphatic heterocycles. The summed E-state index contributed by atoms with van der Waals surface area (Å²) in [7, 11) is 1.46. The maximum absolute atomic E-state index is 12.9. The van der Waals surface area contributed by atoms with E-state index < -0.39 is 29.1 Å². The zero-order valence-corrected chi connectivity index (χ0v) is 21.6. The van der Waals surface area contributed by atoms with Gasteiger partial charge in [-0.25, -0.2) is 9.59 Å². The number of esters is 2. The van der Waals surface area contributed by atoms with E-state index in [-0.39, 0.29) is 35.8 Å². The molecule has 0 unspecified atom stereocenters. The highest BCUT2D eigenvalue weighted by molar-refractivity contribution is 6.07. The van der Waals surface area contributed by atoms with Crippen LogP contribution in [0.1, 0.15) is 58.8 Å². The average Bonchev–Trinajstić information content (AvgIpc) is 3.50. The van der Waals surface area contributed by atoms with Crippen LogP contribution in [0.2, 0.25) is 0 Å². The van der Waals surface area contributed by atoms with Crippen LogP contribution in [0.3, 0.4) is 0 Å². The number of halogens is 3. The van der Waals surface area contributed by atoms with Gasteiger partial charge in [0.15, 0.2) is 0 Å². The molecule has 0 aromatic heterocycles. The van der Waals surface area contributed by atoms with Gasteiger partial charge in [-0.3, -0.25) is 9.79 Å². The SMILES string of the molecule is COC(=O)C1=C2CCC3=C2[C@@]2(C1)C1=NC[C@@H](C)[C@]14CC[C@@]2(COC(C)=O)[C@H](CC3)[C@H]4O.O=C(O)C(F)(F)F. The van der Waals surface area contributed by atoms with Crippen LogP contribution in [-0.4, -0.2) is 66.4 Å². The summed E-state index contributed by atoms with van der Waals surface area (Å²) in [4.78, 5) is 38.9. The molecule has 0 aromatic rings. The van der Waals surface area contributed by atoms with Gasteiger partial charge >= 0.3 is 24.1 Å². The standard InChI is InChI=1S/C25H31NO5.C2HF3O2/c1-13-11-26-22-24(13)9-8-23(12-31-14(2)27)18(20(24)28)7-5-15-4-6-16-17(21(29)30-3)10-25(22,23)19(15)16;3-2(4,5)1(6)7/h13,18,20,28H,4-12H2,1-3H3;(H,6,7)/t13-,18-,20-,23-,24+,25+;/m1./s1. The lowest BCUT2D eigenvalue weighted by Gasteiger charge is -2.68. The van der Waals surface area contributed by atoms with Crippen molar-refractivity contribution in [2.45, 2.75) is 71.1 Å². The van der Waals surface area contributed by atoms with Crippen molar-refractivity contribution in [1.29, 1.82) is 0 Å². The second kappa shape index (κ2) is 8.66. The minimum absolute atomic E-state index is 0.0314. The Morgan fingerprint density at radius 2 is 1.84 bits per heavy atom. The van der Waals surface area contributed by atoms with Gasteiger partial charge in [-0.1, -0.05) is 12.5 Å². The number of aliphatic carboxylic acids is 1. The Kier molecular flexibility index (Phi) is 6.13. The fourth-order valence-electron chi connectivity index (χ4n) is 8.84. The van der Waals surface area contributed by atoms with Crippen molar-refractivity contribution in [2.24, 2.45) is 33.1 Å². The number of alkyl halides is 3. The minimum Gasteiger partial charge on any atom is -0.475 e. The average molecular weight is 540 g/mol. The molecule has 6 atom stereocenters. The molecule has 7 aliphatic rings. The maximum atomic E-state index is 12.9. The van der Waals surface area contributed by atoms with Crippen molar-refractivity contribution in [3.8, 4) is 0 Å². The highest BCUT2D eigenvalue weighted by Gasteiger charge is 2.79. The molecule has 0 amide bonds. The van der Waals surface area contributed by atoms with Crippen LogP contribution in [0.15, 0.2) is 27.3 Å². The lowest BCUT2D eigenvalue weighted by atomic mass is 9.35. The number of methoxy groups -OCH3 is 1. The number of hydrogen-bond acceptors (Lipinski definition) is 7. The molecular formula is C27H32F3NO7. The van der Waals surface area contributed by atoms with Gasteiger partial charge in [0.1, 0.15) is 0 Å². The number of carboxylic acids is 1. The fraction of sp³-hybridized carbons (Fsp3) is 0.704. The molecule has 0 radical (unpaired) electrons. The van der Waals surface area contributed by atoms with E-state index in [1.54, 1.807) is 0 Å². The molecule has 0 saturated heterocycles. The van der Waals surface area contributed by atoms with Gasteiger partial charge in [0.25, 0.3) is 0 Å². The first-order valence-corrected chi connectivity index (χ1v) is 13.0. The molecule has 7 rings (SSSR count). The smallest absolute Gasteiger partial charge is 0.475 e. The van der Waals surface area contributed by atoms with Crippen LogP contribution < -0.4 is 0 Å². The molecule has 38 heavy (non-hydrogen) atoms. The van der Waals surface area contributed by atoms with Gasteiger partial charge in [-0.05, 0) is 67.9 Å². The molecule has 2 spiro atoms. The second-order valence-electron chi connectivity index (χ2n) is 11.5. The number of rotatable bonds is 3. The number of aliphatic hydroxyl groups excluding tert-OH is 1. The predicted octanol–water partition coefficient (Wildman–Crippen LogP) is 3.77. The van der Waals surface area contributed by atoms with E-state index in [4.69, 9.17) is 24.4 Å². The van der Waals surface area contributed by atoms with E-state index in [1.807, 2.05) is 0 Å². The largest absolute Gasteiger partial charge is 0.490 e. The lowest BCUT2D eigenvalue weighted by molar-refractivity contribution is -0.192. The lowest BCUT2D eigenvalue weighted by Crippen LogP contribution is -2.73. The van der Waals surface area contributed by atoms with E-state index in [9.17, 15) is 27.9 Å². The number of nitrogens with zero attached hydrogens (tertiary/aromatic N) is 1. The Bertz CT molecular complexity index is 1200. The number of carbonyl (C=O) groups is 3. The zero-order valence-electron chi connectivity index (χ0n) is 21.6. The molecule has 208 valence electrons. The molecular weight excluding hydrogens is 507 g/mol. The van der Waals surface area contributed by atoms with Gasteiger partial charge in [0.2, 0.25) is 0 Å². The van der Waals surface area contributed by atoms with E-state index in [2.05, 4.69) is 6.92 Å². The first kappa shape index (κ1) is 26.9. The fourth-order valence-corrected chi connectivity index (χ4v) is 8.84. The summed E-state index contributed by atoms with van der Waals surface area (Å²) < 4.78 is 42.7. The Balaban J connectivity index is 0.000000374. The number of aliphatic hydroxyl groups is 1. The number of ether oxygens (including phenoxy) is 2. The van der Waals surface area contributed by atoms with Gasteiger partial charge in [0, 0.05) is 41.0 Å². The molecule has 11 heteroatoms. The number of fused-ring (bicyclic) bond motifs is 1. The van der Waals surface area contributed by atoms with Crippen LogP contribution in [0, 0.1) is 28.1 Å². The molecule has 3 saturated carbocycles. The first-order chi connectivity index (χ1) is 17.8. The van der Waals surface area contributed by atoms with Gasteiger partial charge in [0.05, 0.1) is 19.8 Å². The van der Waals surface area contributed by atoms with Crippen molar-refractivity contribution < 1.29 is 47.2 Å². The topological polar surface area (TPSA) is 122 Å². The first-order valence-electron chi connectivity index (χ1n) is 13.0. The van der Waals surface area contributed by atoms with Crippen LogP contribution in [-0.2, 0) is 23.9 Å². The quantitative estimate of drug-likeness (QED) is 0.524. The third-order valence-corrected chi connectivity index (χ3v) is 10.2. The molecule has 0 aromatic carbocycles. The number of aliphatic imine (C=N–C) groups is 1. The third-order valence-electron chi connectivity index (χ3n) is 10.2. The third kappa shape index (κ3) is 3.26. The summed E-state index contributed by atoms with van der Waals surface area (Å²) in [5.74, 6) is -2.98. The van der Waals surface area contributed by atoms with Crippen molar-refractivity contribution in [3.05, 3.63) is 22.3 Å². The Hall–Kier alpha value is -2.69. The van der Waals surface area contributed by atoms with Gasteiger partial charge in [-0.15, -0.1) is 0 Å². The molecule has 4 bridgehead atoms. The molecule has 1 heterocycles. The van der Waals surface area contributed by atoms with Crippen LogP contribution in [0.4, 0.5) is 13.2 Å². The van der Waals surface area contributed by atoms with Crippen molar-refractivity contribution in [1.82, 2.24) is 0 Å². The molecule has 3 fully saturated rings. The van der Waals surface area contributed by atoms with Crippen LogP contribution >= 0.6 is 0 Å². The summed E-state index contributed by atoms with van der Waals surface area (Å²) in [6.45, 7) is 4.68. The summed E-state index contributed by atoms with van der Waals surface area (Å²) >= 11 is 0. The summed E-state index contributed by atoms with van der Waals surface area (Å²) in [6.07, 6.45) is 0.472.